The molecule has 2 rings (SSSR count). The van der Waals surface area contributed by atoms with Crippen LogP contribution in [0.25, 0.3) is 0 Å². The van der Waals surface area contributed by atoms with Crippen LogP contribution in [0.5, 0.6) is 17.2 Å². The Balaban J connectivity index is 2.17. The predicted molar refractivity (Wildman–Crippen MR) is 96.6 cm³/mol. The summed E-state index contributed by atoms with van der Waals surface area (Å²) in [4.78, 5) is 23.4. The van der Waals surface area contributed by atoms with Gasteiger partial charge in [-0.25, -0.2) is 4.79 Å². The minimum atomic E-state index is -1.00. The van der Waals surface area contributed by atoms with E-state index in [1.165, 1.54) is 27.4 Å². The smallest absolute Gasteiger partial charge is 0.335 e. The van der Waals surface area contributed by atoms with Crippen molar-refractivity contribution in [3.05, 3.63) is 47.0 Å². The van der Waals surface area contributed by atoms with Gasteiger partial charge in [-0.2, -0.15) is 0 Å². The summed E-state index contributed by atoms with van der Waals surface area (Å²) in [5.74, 6) is 0.145. The molecule has 0 saturated carbocycles. The Hall–Kier alpha value is -3.22. The van der Waals surface area contributed by atoms with Gasteiger partial charge < -0.3 is 24.6 Å². The van der Waals surface area contributed by atoms with Gasteiger partial charge in [-0.15, -0.1) is 0 Å². The van der Waals surface area contributed by atoms with Gasteiger partial charge in [0.05, 0.1) is 33.3 Å². The van der Waals surface area contributed by atoms with E-state index in [1.54, 1.807) is 31.2 Å². The van der Waals surface area contributed by atoms with Crippen molar-refractivity contribution in [3.63, 3.8) is 0 Å². The zero-order valence-electron chi connectivity index (χ0n) is 15.1. The first kappa shape index (κ1) is 19.1. The minimum absolute atomic E-state index is 0.0937. The molecule has 0 aliphatic heterocycles. The van der Waals surface area contributed by atoms with E-state index in [4.69, 9.17) is 19.3 Å². The van der Waals surface area contributed by atoms with Gasteiger partial charge in [-0.1, -0.05) is 0 Å². The van der Waals surface area contributed by atoms with E-state index >= 15 is 0 Å². The summed E-state index contributed by atoms with van der Waals surface area (Å²) in [6.45, 7) is 1.68. The van der Waals surface area contributed by atoms with Gasteiger partial charge in [-0.3, -0.25) is 4.79 Å². The molecule has 0 bridgehead atoms. The van der Waals surface area contributed by atoms with Gasteiger partial charge in [0.2, 0.25) is 11.7 Å². The molecule has 2 aromatic carbocycles. The van der Waals surface area contributed by atoms with Crippen molar-refractivity contribution in [1.82, 2.24) is 0 Å². The number of benzene rings is 2. The molecular weight excluding hydrogens is 338 g/mol. The number of aromatic carboxylic acids is 1. The normalized spacial score (nSPS) is 10.2. The number of carboxylic acid groups (broad SMARTS) is 1. The summed E-state index contributed by atoms with van der Waals surface area (Å²) in [6.07, 6.45) is 0.0937. The van der Waals surface area contributed by atoms with E-state index in [0.717, 1.165) is 0 Å². The maximum Gasteiger partial charge on any atom is 0.335 e. The summed E-state index contributed by atoms with van der Waals surface area (Å²) in [5.41, 5.74) is 2.00. The minimum Gasteiger partial charge on any atom is -0.493 e. The molecular formula is C19H21NO6. The molecule has 7 heteroatoms. The molecule has 0 fully saturated rings. The maximum atomic E-state index is 12.3. The van der Waals surface area contributed by atoms with Crippen LogP contribution in [-0.4, -0.2) is 38.3 Å². The number of nitrogens with one attached hydrogen (secondary N) is 1. The number of hydrogen-bond acceptors (Lipinski definition) is 5. The predicted octanol–water partition coefficient (Wildman–Crippen LogP) is 2.90. The van der Waals surface area contributed by atoms with Crippen LogP contribution in [0.3, 0.4) is 0 Å². The molecule has 0 radical (unpaired) electrons. The molecule has 138 valence electrons. The highest BCUT2D eigenvalue weighted by molar-refractivity contribution is 5.94. The Kier molecular flexibility index (Phi) is 6.06. The molecule has 26 heavy (non-hydrogen) atoms. The van der Waals surface area contributed by atoms with Crippen molar-refractivity contribution in [2.75, 3.05) is 26.6 Å². The van der Waals surface area contributed by atoms with E-state index in [-0.39, 0.29) is 17.9 Å². The van der Waals surface area contributed by atoms with E-state index in [2.05, 4.69) is 5.32 Å². The molecule has 1 amide bonds. The molecule has 0 aliphatic carbocycles. The zero-order valence-corrected chi connectivity index (χ0v) is 15.1. The van der Waals surface area contributed by atoms with Crippen LogP contribution < -0.4 is 19.5 Å². The molecule has 2 aromatic rings. The lowest BCUT2D eigenvalue weighted by atomic mass is 10.1. The summed E-state index contributed by atoms with van der Waals surface area (Å²) < 4.78 is 15.8. The molecule has 0 atom stereocenters. The van der Waals surface area contributed by atoms with Crippen molar-refractivity contribution in [1.29, 1.82) is 0 Å². The molecule has 0 saturated heterocycles. The Labute approximate surface area is 151 Å². The van der Waals surface area contributed by atoms with Crippen LogP contribution in [0.1, 0.15) is 21.5 Å². The monoisotopic (exact) mass is 359 g/mol. The van der Waals surface area contributed by atoms with E-state index in [0.29, 0.717) is 34.1 Å². The molecule has 2 N–H and O–H groups in total. The molecule has 0 unspecified atom stereocenters. The first-order valence-corrected chi connectivity index (χ1v) is 7.82. The maximum absolute atomic E-state index is 12.3. The van der Waals surface area contributed by atoms with Gasteiger partial charge in [0, 0.05) is 5.69 Å². The Morgan fingerprint density at radius 3 is 2.08 bits per heavy atom. The van der Waals surface area contributed by atoms with Crippen LogP contribution in [0.4, 0.5) is 5.69 Å². The number of carbonyl (C=O) groups is 2. The SMILES string of the molecule is COc1cc(CC(=O)Nc2ccc(C(=O)O)c(C)c2)cc(OC)c1OC. The number of carbonyl (C=O) groups excluding carboxylic acids is 1. The van der Waals surface area contributed by atoms with Gasteiger partial charge in [0.1, 0.15) is 0 Å². The standard InChI is InChI=1S/C19H21NO6/c1-11-7-13(5-6-14(11)19(22)23)20-17(21)10-12-8-15(24-2)18(26-4)16(9-12)25-3/h5-9H,10H2,1-4H3,(H,20,21)(H,22,23). The zero-order chi connectivity index (χ0) is 19.3. The van der Waals surface area contributed by atoms with Crippen LogP contribution in [0, 0.1) is 6.92 Å². The van der Waals surface area contributed by atoms with E-state index < -0.39 is 5.97 Å². The quantitative estimate of drug-likeness (QED) is 0.789. The lowest BCUT2D eigenvalue weighted by Crippen LogP contribution is -2.15. The van der Waals surface area contributed by atoms with Crippen LogP contribution in [-0.2, 0) is 11.2 Å². The number of carboxylic acids is 1. The Morgan fingerprint density at radius 2 is 1.62 bits per heavy atom. The van der Waals surface area contributed by atoms with Crippen molar-refractivity contribution < 1.29 is 28.9 Å². The van der Waals surface area contributed by atoms with Gasteiger partial charge in [0.15, 0.2) is 11.5 Å². The third-order valence-electron chi connectivity index (χ3n) is 3.83. The lowest BCUT2D eigenvalue weighted by molar-refractivity contribution is -0.115. The topological polar surface area (TPSA) is 94.1 Å². The largest absolute Gasteiger partial charge is 0.493 e. The number of ether oxygens (including phenoxy) is 3. The van der Waals surface area contributed by atoms with Crippen LogP contribution >= 0.6 is 0 Å². The fraction of sp³-hybridized carbons (Fsp3) is 0.263. The first-order valence-electron chi connectivity index (χ1n) is 7.82. The van der Waals surface area contributed by atoms with Crippen molar-refractivity contribution in [3.8, 4) is 17.2 Å². The van der Waals surface area contributed by atoms with Crippen molar-refractivity contribution in [2.24, 2.45) is 0 Å². The van der Waals surface area contributed by atoms with E-state index in [9.17, 15) is 9.59 Å². The highest BCUT2D eigenvalue weighted by atomic mass is 16.5. The number of methoxy groups -OCH3 is 3. The number of anilines is 1. The van der Waals surface area contributed by atoms with Crippen molar-refractivity contribution in [2.45, 2.75) is 13.3 Å². The molecule has 0 aromatic heterocycles. The van der Waals surface area contributed by atoms with Gasteiger partial charge >= 0.3 is 5.97 Å². The molecule has 0 heterocycles. The van der Waals surface area contributed by atoms with Gasteiger partial charge in [0.25, 0.3) is 0 Å². The highest BCUT2D eigenvalue weighted by Crippen LogP contribution is 2.38. The summed E-state index contributed by atoms with van der Waals surface area (Å²) >= 11 is 0. The van der Waals surface area contributed by atoms with Gasteiger partial charge in [-0.05, 0) is 48.4 Å². The fourth-order valence-corrected chi connectivity index (χ4v) is 2.61. The van der Waals surface area contributed by atoms with E-state index in [1.807, 2.05) is 0 Å². The second kappa shape index (κ2) is 8.24. The fourth-order valence-electron chi connectivity index (χ4n) is 2.61. The third-order valence-corrected chi connectivity index (χ3v) is 3.83. The average Bonchev–Trinajstić information content (AvgIpc) is 2.60. The molecule has 7 nitrogen and oxygen atoms in total. The average molecular weight is 359 g/mol. The summed E-state index contributed by atoms with van der Waals surface area (Å²) in [6, 6.07) is 8.06. The third kappa shape index (κ3) is 4.24. The second-order valence-corrected chi connectivity index (χ2v) is 5.59. The van der Waals surface area contributed by atoms with Crippen LogP contribution in [0.15, 0.2) is 30.3 Å². The number of hydrogen-bond donors (Lipinski definition) is 2. The summed E-state index contributed by atoms with van der Waals surface area (Å²) in [7, 11) is 4.53. The second-order valence-electron chi connectivity index (χ2n) is 5.59. The highest BCUT2D eigenvalue weighted by Gasteiger charge is 2.15. The molecule has 0 aliphatic rings. The number of aryl methyl sites for hydroxylation is 1. The lowest BCUT2D eigenvalue weighted by Gasteiger charge is -2.14. The Bertz CT molecular complexity index is 806. The molecule has 0 spiro atoms. The van der Waals surface area contributed by atoms with Crippen molar-refractivity contribution >= 4 is 17.6 Å². The number of rotatable bonds is 7. The summed E-state index contributed by atoms with van der Waals surface area (Å²) in [5, 5.41) is 11.8. The first-order chi connectivity index (χ1) is 12.4. The number of amides is 1. The van der Waals surface area contributed by atoms with Crippen LogP contribution in [0.2, 0.25) is 0 Å². The Morgan fingerprint density at radius 1 is 1.00 bits per heavy atom.